The van der Waals surface area contributed by atoms with Crippen molar-refractivity contribution in [3.63, 3.8) is 0 Å². The third kappa shape index (κ3) is 7.17. The number of ether oxygens (including phenoxy) is 2. The van der Waals surface area contributed by atoms with Gasteiger partial charge >= 0.3 is 0 Å². The number of aryl methyl sites for hydroxylation is 1. The summed E-state index contributed by atoms with van der Waals surface area (Å²) >= 11 is 1.50. The maximum Gasteiger partial charge on any atom is 0.253 e. The van der Waals surface area contributed by atoms with E-state index < -0.39 is 0 Å². The zero-order valence-corrected chi connectivity index (χ0v) is 19.4. The first-order chi connectivity index (χ1) is 15.5. The van der Waals surface area contributed by atoms with Gasteiger partial charge in [-0.25, -0.2) is 5.43 Å². The highest BCUT2D eigenvalue weighted by molar-refractivity contribution is 8.00. The fourth-order valence-electron chi connectivity index (χ4n) is 2.86. The molecule has 32 heavy (non-hydrogen) atoms. The Morgan fingerprint density at radius 1 is 1.03 bits per heavy atom. The summed E-state index contributed by atoms with van der Waals surface area (Å²) in [5.41, 5.74) is 5.70. The highest BCUT2D eigenvalue weighted by atomic mass is 32.2. The van der Waals surface area contributed by atoms with E-state index in [1.54, 1.807) is 6.21 Å². The van der Waals surface area contributed by atoms with Crippen molar-refractivity contribution in [2.75, 3.05) is 6.61 Å². The van der Waals surface area contributed by atoms with Crippen LogP contribution in [0.25, 0.3) is 0 Å². The summed E-state index contributed by atoms with van der Waals surface area (Å²) in [6.07, 6.45) is 1.60. The Morgan fingerprint density at radius 2 is 1.78 bits per heavy atom. The number of benzene rings is 3. The number of hydrogen-bond acceptors (Lipinski definition) is 5. The van der Waals surface area contributed by atoms with E-state index >= 15 is 0 Å². The van der Waals surface area contributed by atoms with Gasteiger partial charge < -0.3 is 9.47 Å². The third-order valence-corrected chi connectivity index (χ3v) is 5.71. The molecule has 3 aromatic rings. The Labute approximate surface area is 193 Å². The fourth-order valence-corrected chi connectivity index (χ4v) is 3.72. The summed E-state index contributed by atoms with van der Waals surface area (Å²) in [4.78, 5) is 13.4. The van der Waals surface area contributed by atoms with Crippen LogP contribution in [0.3, 0.4) is 0 Å². The number of carbonyl (C=O) groups excluding carboxylic acids is 1. The lowest BCUT2D eigenvalue weighted by molar-refractivity contribution is -0.120. The molecule has 1 N–H and O–H groups in total. The lowest BCUT2D eigenvalue weighted by atomic mass is 10.2. The molecule has 0 aliphatic rings. The van der Waals surface area contributed by atoms with E-state index in [1.807, 2.05) is 93.6 Å². The molecule has 1 amide bonds. The zero-order valence-electron chi connectivity index (χ0n) is 18.6. The molecule has 0 saturated heterocycles. The molecule has 166 valence electrons. The maximum atomic E-state index is 12.4. The normalized spacial score (nSPS) is 11.8. The van der Waals surface area contributed by atoms with E-state index in [4.69, 9.17) is 9.47 Å². The molecule has 6 heteroatoms. The first kappa shape index (κ1) is 23.4. The summed E-state index contributed by atoms with van der Waals surface area (Å²) in [5, 5.41) is 3.85. The average molecular weight is 449 g/mol. The second kappa shape index (κ2) is 12.0. The van der Waals surface area contributed by atoms with Gasteiger partial charge in [0.15, 0.2) is 11.5 Å². The SMILES string of the molecule is CCOc1cc(/C=N\NC(=O)[C@@H](C)Sc2ccc(C)cc2)ccc1OCc1ccccc1. The Morgan fingerprint density at radius 3 is 2.50 bits per heavy atom. The fraction of sp³-hybridized carbons (Fsp3) is 0.231. The van der Waals surface area contributed by atoms with E-state index in [9.17, 15) is 4.79 Å². The minimum absolute atomic E-state index is 0.153. The molecule has 0 bridgehead atoms. The van der Waals surface area contributed by atoms with Gasteiger partial charge in [-0.3, -0.25) is 4.79 Å². The van der Waals surface area contributed by atoms with Gasteiger partial charge in [-0.1, -0.05) is 48.0 Å². The Balaban J connectivity index is 1.57. The van der Waals surface area contributed by atoms with Crippen molar-refractivity contribution in [1.82, 2.24) is 5.43 Å². The summed E-state index contributed by atoms with van der Waals surface area (Å²) < 4.78 is 11.7. The van der Waals surface area contributed by atoms with E-state index in [1.165, 1.54) is 17.3 Å². The quantitative estimate of drug-likeness (QED) is 0.249. The van der Waals surface area contributed by atoms with Gasteiger partial charge in [0.1, 0.15) is 6.61 Å². The highest BCUT2D eigenvalue weighted by Gasteiger charge is 2.13. The molecular formula is C26H28N2O3S. The Kier molecular flexibility index (Phi) is 8.75. The second-order valence-electron chi connectivity index (χ2n) is 7.22. The van der Waals surface area contributed by atoms with Gasteiger partial charge in [0, 0.05) is 4.90 Å². The van der Waals surface area contributed by atoms with E-state index in [2.05, 4.69) is 10.5 Å². The minimum atomic E-state index is -0.261. The van der Waals surface area contributed by atoms with Crippen LogP contribution in [0.4, 0.5) is 0 Å². The van der Waals surface area contributed by atoms with Crippen molar-refractivity contribution in [3.8, 4) is 11.5 Å². The molecule has 3 aromatic carbocycles. The van der Waals surface area contributed by atoms with E-state index in [0.717, 1.165) is 16.0 Å². The van der Waals surface area contributed by atoms with Crippen LogP contribution in [0.2, 0.25) is 0 Å². The minimum Gasteiger partial charge on any atom is -0.490 e. The van der Waals surface area contributed by atoms with Crippen LogP contribution in [0.5, 0.6) is 11.5 Å². The molecular weight excluding hydrogens is 420 g/mol. The van der Waals surface area contributed by atoms with Crippen LogP contribution in [0.1, 0.15) is 30.5 Å². The van der Waals surface area contributed by atoms with Crippen molar-refractivity contribution in [2.45, 2.75) is 37.5 Å². The molecule has 0 aliphatic heterocycles. The molecule has 0 aliphatic carbocycles. The number of thioether (sulfide) groups is 1. The lowest BCUT2D eigenvalue weighted by Crippen LogP contribution is -2.26. The van der Waals surface area contributed by atoms with Crippen LogP contribution < -0.4 is 14.9 Å². The third-order valence-electron chi connectivity index (χ3n) is 4.60. The van der Waals surface area contributed by atoms with Crippen LogP contribution >= 0.6 is 11.8 Å². The largest absolute Gasteiger partial charge is 0.490 e. The molecule has 0 heterocycles. The van der Waals surface area contributed by atoms with Crippen LogP contribution in [0, 0.1) is 6.92 Å². The van der Waals surface area contributed by atoms with Gasteiger partial charge in [0.2, 0.25) is 0 Å². The molecule has 0 unspecified atom stereocenters. The predicted molar refractivity (Wildman–Crippen MR) is 131 cm³/mol. The smallest absolute Gasteiger partial charge is 0.253 e. The first-order valence-corrected chi connectivity index (χ1v) is 11.4. The van der Waals surface area contributed by atoms with Gasteiger partial charge in [0.25, 0.3) is 5.91 Å². The van der Waals surface area contributed by atoms with E-state index in [0.29, 0.717) is 24.7 Å². The summed E-state index contributed by atoms with van der Waals surface area (Å²) in [5.74, 6) is 1.15. The number of rotatable bonds is 10. The molecule has 3 rings (SSSR count). The topological polar surface area (TPSA) is 59.9 Å². The number of nitrogens with one attached hydrogen (secondary N) is 1. The van der Waals surface area contributed by atoms with Crippen molar-refractivity contribution < 1.29 is 14.3 Å². The number of hydrazone groups is 1. The standard InChI is InChI=1S/C26H28N2O3S/c1-4-30-25-16-22(12-15-24(25)31-18-21-8-6-5-7-9-21)17-27-28-26(29)20(3)32-23-13-10-19(2)11-14-23/h5-17,20H,4,18H2,1-3H3,(H,28,29)/b27-17-/t20-/m1/s1. The second-order valence-corrected chi connectivity index (χ2v) is 8.64. The van der Waals surface area contributed by atoms with Crippen molar-refractivity contribution in [2.24, 2.45) is 5.10 Å². The lowest BCUT2D eigenvalue weighted by Gasteiger charge is -2.13. The molecule has 0 radical (unpaired) electrons. The van der Waals surface area contributed by atoms with Crippen molar-refractivity contribution >= 4 is 23.9 Å². The molecule has 0 aromatic heterocycles. The maximum absolute atomic E-state index is 12.4. The number of amides is 1. The van der Waals surface area contributed by atoms with Crippen molar-refractivity contribution in [1.29, 1.82) is 0 Å². The predicted octanol–water partition coefficient (Wildman–Crippen LogP) is 5.60. The first-order valence-electron chi connectivity index (χ1n) is 10.5. The number of carbonyl (C=O) groups is 1. The summed E-state index contributed by atoms with van der Waals surface area (Å²) in [7, 11) is 0. The van der Waals surface area contributed by atoms with Gasteiger partial charge in [-0.2, -0.15) is 5.10 Å². The highest BCUT2D eigenvalue weighted by Crippen LogP contribution is 2.29. The number of hydrogen-bond donors (Lipinski definition) is 1. The van der Waals surface area contributed by atoms with Crippen LogP contribution in [0.15, 0.2) is 82.8 Å². The Hall–Kier alpha value is -3.25. The average Bonchev–Trinajstić information content (AvgIpc) is 2.81. The van der Waals surface area contributed by atoms with Crippen LogP contribution in [-0.4, -0.2) is 24.0 Å². The van der Waals surface area contributed by atoms with Gasteiger partial charge in [-0.15, -0.1) is 11.8 Å². The molecule has 5 nitrogen and oxygen atoms in total. The van der Waals surface area contributed by atoms with Crippen LogP contribution in [-0.2, 0) is 11.4 Å². The molecule has 0 fully saturated rings. The molecule has 0 saturated carbocycles. The summed E-state index contributed by atoms with van der Waals surface area (Å²) in [6.45, 7) is 6.81. The Bertz CT molecular complexity index is 1040. The zero-order chi connectivity index (χ0) is 22.8. The molecule has 1 atom stereocenters. The van der Waals surface area contributed by atoms with Gasteiger partial charge in [0.05, 0.1) is 18.1 Å². The number of nitrogens with zero attached hydrogens (tertiary/aromatic N) is 1. The monoisotopic (exact) mass is 448 g/mol. The van der Waals surface area contributed by atoms with E-state index in [-0.39, 0.29) is 11.2 Å². The van der Waals surface area contributed by atoms with Gasteiger partial charge in [-0.05, 0) is 62.2 Å². The van der Waals surface area contributed by atoms with Crippen molar-refractivity contribution in [3.05, 3.63) is 89.5 Å². The summed E-state index contributed by atoms with van der Waals surface area (Å²) in [6, 6.07) is 23.7. The molecule has 0 spiro atoms.